The van der Waals surface area contributed by atoms with Crippen molar-refractivity contribution in [2.24, 2.45) is 5.92 Å². The van der Waals surface area contributed by atoms with Crippen molar-refractivity contribution in [2.75, 3.05) is 11.9 Å². The molecule has 0 bridgehead atoms. The van der Waals surface area contributed by atoms with Gasteiger partial charge in [0.2, 0.25) is 0 Å². The molecule has 7 nitrogen and oxygen atoms in total. The normalized spacial score (nSPS) is 10.3. The lowest BCUT2D eigenvalue weighted by Gasteiger charge is -2.11. The topological polar surface area (TPSA) is 98.5 Å². The molecule has 0 heterocycles. The third kappa shape index (κ3) is 5.09. The maximum atomic E-state index is 11.7. The van der Waals surface area contributed by atoms with Gasteiger partial charge in [0.25, 0.3) is 11.6 Å². The highest BCUT2D eigenvalue weighted by Gasteiger charge is 2.17. The second kappa shape index (κ2) is 7.51. The van der Waals surface area contributed by atoms with Gasteiger partial charge < -0.3 is 10.1 Å². The zero-order chi connectivity index (χ0) is 16.2. The molecule has 1 aromatic rings. The fourth-order valence-corrected chi connectivity index (χ4v) is 2.62. The molecule has 1 aromatic carbocycles. The summed E-state index contributed by atoms with van der Waals surface area (Å²) in [6, 6.07) is 2.53. The molecule has 0 aliphatic carbocycles. The fourth-order valence-electron chi connectivity index (χ4n) is 1.26. The van der Waals surface area contributed by atoms with E-state index in [9.17, 15) is 19.7 Å². The number of benzene rings is 1. The summed E-state index contributed by atoms with van der Waals surface area (Å²) in [5.74, 6) is -1.35. The van der Waals surface area contributed by atoms with Crippen molar-refractivity contribution in [3.63, 3.8) is 0 Å². The molecule has 0 aromatic heterocycles. The number of anilines is 1. The van der Waals surface area contributed by atoms with Crippen molar-refractivity contribution >= 4 is 55.1 Å². The second-order valence-corrected chi connectivity index (χ2v) is 6.06. The lowest BCUT2D eigenvalue weighted by Crippen LogP contribution is -2.23. The number of nitrogens with zero attached hydrogens (tertiary/aromatic N) is 1. The quantitative estimate of drug-likeness (QED) is 0.445. The minimum atomic E-state index is -0.550. The van der Waals surface area contributed by atoms with Crippen LogP contribution in [0.5, 0.6) is 0 Å². The van der Waals surface area contributed by atoms with Gasteiger partial charge in [-0.25, -0.2) is 0 Å². The van der Waals surface area contributed by atoms with Crippen molar-refractivity contribution in [3.8, 4) is 0 Å². The van der Waals surface area contributed by atoms with Crippen molar-refractivity contribution in [1.82, 2.24) is 0 Å². The first-order valence-corrected chi connectivity index (χ1v) is 7.41. The number of halogens is 2. The fraction of sp³-hybridized carbons (Fsp3) is 0.333. The van der Waals surface area contributed by atoms with Crippen LogP contribution < -0.4 is 5.32 Å². The molecule has 0 saturated carbocycles. The van der Waals surface area contributed by atoms with Gasteiger partial charge in [0.15, 0.2) is 6.61 Å². The largest absolute Gasteiger partial charge is 0.455 e. The highest BCUT2D eigenvalue weighted by atomic mass is 79.9. The Bertz CT molecular complexity index is 566. The number of ether oxygens (including phenoxy) is 1. The standard InChI is InChI=1S/C12H12Br2N2O5/c1-6(2)12(18)21-5-10(17)15-11-8(13)3-7(16(19)20)4-9(11)14/h3-4,6H,5H2,1-2H3,(H,15,17). The van der Waals surface area contributed by atoms with Crippen LogP contribution in [0.4, 0.5) is 11.4 Å². The van der Waals surface area contributed by atoms with Gasteiger partial charge in [0.1, 0.15) is 0 Å². The van der Waals surface area contributed by atoms with Crippen molar-refractivity contribution in [2.45, 2.75) is 13.8 Å². The van der Waals surface area contributed by atoms with E-state index in [0.29, 0.717) is 14.6 Å². The average Bonchev–Trinajstić information content (AvgIpc) is 2.39. The van der Waals surface area contributed by atoms with Crippen LogP contribution in [0.1, 0.15) is 13.8 Å². The van der Waals surface area contributed by atoms with Gasteiger partial charge in [-0.15, -0.1) is 0 Å². The number of non-ortho nitro benzene ring substituents is 1. The Balaban J connectivity index is 2.77. The molecule has 0 radical (unpaired) electrons. The highest BCUT2D eigenvalue weighted by Crippen LogP contribution is 2.35. The Morgan fingerprint density at radius 1 is 1.33 bits per heavy atom. The predicted octanol–water partition coefficient (Wildman–Crippen LogP) is 3.26. The average molecular weight is 424 g/mol. The first-order chi connectivity index (χ1) is 9.72. The molecule has 0 fully saturated rings. The number of esters is 1. The van der Waals surface area contributed by atoms with E-state index < -0.39 is 23.4 Å². The summed E-state index contributed by atoms with van der Waals surface area (Å²) in [7, 11) is 0. The minimum absolute atomic E-state index is 0.127. The monoisotopic (exact) mass is 422 g/mol. The number of rotatable bonds is 5. The zero-order valence-electron chi connectivity index (χ0n) is 11.2. The molecule has 9 heteroatoms. The number of carbonyl (C=O) groups is 2. The second-order valence-electron chi connectivity index (χ2n) is 4.35. The number of carbonyl (C=O) groups excluding carboxylic acids is 2. The third-order valence-electron chi connectivity index (χ3n) is 2.32. The van der Waals surface area contributed by atoms with E-state index in [4.69, 9.17) is 4.74 Å². The van der Waals surface area contributed by atoms with Gasteiger partial charge in [-0.2, -0.15) is 0 Å². The smallest absolute Gasteiger partial charge is 0.308 e. The molecule has 0 atom stereocenters. The number of hydrogen-bond donors (Lipinski definition) is 1. The van der Waals surface area contributed by atoms with E-state index in [1.54, 1.807) is 13.8 Å². The zero-order valence-corrected chi connectivity index (χ0v) is 14.4. The van der Waals surface area contributed by atoms with Crippen LogP contribution in [0.3, 0.4) is 0 Å². The van der Waals surface area contributed by atoms with Crippen LogP contribution in [-0.4, -0.2) is 23.4 Å². The van der Waals surface area contributed by atoms with E-state index in [-0.39, 0.29) is 11.6 Å². The first kappa shape index (κ1) is 17.6. The van der Waals surface area contributed by atoms with Crippen molar-refractivity contribution in [3.05, 3.63) is 31.2 Å². The molecule has 0 unspecified atom stereocenters. The summed E-state index contributed by atoms with van der Waals surface area (Å²) < 4.78 is 5.47. The van der Waals surface area contributed by atoms with E-state index in [0.717, 1.165) is 0 Å². The Kier molecular flexibility index (Phi) is 6.28. The number of nitro groups is 1. The molecule has 1 rings (SSSR count). The summed E-state index contributed by atoms with van der Waals surface area (Å²) in [6.45, 7) is 2.89. The SMILES string of the molecule is CC(C)C(=O)OCC(=O)Nc1c(Br)cc([N+](=O)[O-])cc1Br. The predicted molar refractivity (Wildman–Crippen MR) is 82.9 cm³/mol. The molecule has 0 saturated heterocycles. The highest BCUT2D eigenvalue weighted by molar-refractivity contribution is 9.11. The number of hydrogen-bond acceptors (Lipinski definition) is 5. The van der Waals surface area contributed by atoms with Gasteiger partial charge in [-0.3, -0.25) is 19.7 Å². The van der Waals surface area contributed by atoms with E-state index >= 15 is 0 Å². The summed E-state index contributed by atoms with van der Waals surface area (Å²) in [5, 5.41) is 13.2. The maximum Gasteiger partial charge on any atom is 0.308 e. The Hall–Kier alpha value is -1.48. The lowest BCUT2D eigenvalue weighted by molar-refractivity contribution is -0.385. The van der Waals surface area contributed by atoms with Crippen LogP contribution in [0.2, 0.25) is 0 Å². The van der Waals surface area contributed by atoms with Crippen LogP contribution in [0.15, 0.2) is 21.1 Å². The van der Waals surface area contributed by atoms with Gasteiger partial charge in [0, 0.05) is 21.1 Å². The van der Waals surface area contributed by atoms with Crippen molar-refractivity contribution < 1.29 is 19.2 Å². The summed E-state index contributed by atoms with van der Waals surface area (Å²) >= 11 is 6.28. The lowest BCUT2D eigenvalue weighted by atomic mass is 10.2. The van der Waals surface area contributed by atoms with E-state index in [1.807, 2.05) is 0 Å². The molecule has 1 N–H and O–H groups in total. The van der Waals surface area contributed by atoms with E-state index in [2.05, 4.69) is 37.2 Å². The molecular weight excluding hydrogens is 412 g/mol. The van der Waals surface area contributed by atoms with Crippen LogP contribution in [-0.2, 0) is 14.3 Å². The van der Waals surface area contributed by atoms with Gasteiger partial charge in [0.05, 0.1) is 16.5 Å². The Morgan fingerprint density at radius 3 is 2.29 bits per heavy atom. The molecule has 21 heavy (non-hydrogen) atoms. The molecular formula is C12H12Br2N2O5. The van der Waals surface area contributed by atoms with Gasteiger partial charge in [-0.1, -0.05) is 13.8 Å². The minimum Gasteiger partial charge on any atom is -0.455 e. The summed E-state index contributed by atoms with van der Waals surface area (Å²) in [5.41, 5.74) is 0.198. The van der Waals surface area contributed by atoms with E-state index in [1.165, 1.54) is 12.1 Å². The number of nitro benzene ring substituents is 1. The van der Waals surface area contributed by atoms with Crippen LogP contribution >= 0.6 is 31.9 Å². The molecule has 0 aliphatic rings. The van der Waals surface area contributed by atoms with Gasteiger partial charge in [-0.05, 0) is 31.9 Å². The van der Waals surface area contributed by atoms with Crippen LogP contribution in [0.25, 0.3) is 0 Å². The molecule has 114 valence electrons. The summed E-state index contributed by atoms with van der Waals surface area (Å²) in [6.07, 6.45) is 0. The Labute approximate surface area is 137 Å². The third-order valence-corrected chi connectivity index (χ3v) is 3.57. The Morgan fingerprint density at radius 2 is 1.86 bits per heavy atom. The molecule has 0 aliphatic heterocycles. The van der Waals surface area contributed by atoms with Crippen molar-refractivity contribution in [1.29, 1.82) is 0 Å². The maximum absolute atomic E-state index is 11.7. The molecule has 1 amide bonds. The van der Waals surface area contributed by atoms with Gasteiger partial charge >= 0.3 is 5.97 Å². The molecule has 0 spiro atoms. The number of nitrogens with one attached hydrogen (secondary N) is 1. The summed E-state index contributed by atoms with van der Waals surface area (Å²) in [4.78, 5) is 33.1. The first-order valence-electron chi connectivity index (χ1n) is 5.82. The number of amides is 1. The van der Waals surface area contributed by atoms with Crippen LogP contribution in [0, 0.1) is 16.0 Å².